The maximum absolute atomic E-state index is 11.8. The molecule has 23 heavy (non-hydrogen) atoms. The molecule has 0 aliphatic heterocycles. The topological polar surface area (TPSA) is 35.5 Å². The highest BCUT2D eigenvalue weighted by Crippen LogP contribution is 2.52. The van der Waals surface area contributed by atoms with E-state index in [1.54, 1.807) is 0 Å². The van der Waals surface area contributed by atoms with Crippen molar-refractivity contribution in [2.24, 2.45) is 11.3 Å². The van der Waals surface area contributed by atoms with Crippen molar-refractivity contribution in [2.75, 3.05) is 7.11 Å². The minimum atomic E-state index is -0.268. The predicted octanol–water partition coefficient (Wildman–Crippen LogP) is 4.82. The molecular weight excluding hydrogens is 288 g/mol. The number of ether oxygens (including phenoxy) is 2. The molecule has 130 valence electrons. The highest BCUT2D eigenvalue weighted by atomic mass is 16.5. The van der Waals surface area contributed by atoms with Crippen LogP contribution >= 0.6 is 0 Å². The summed E-state index contributed by atoms with van der Waals surface area (Å²) in [5, 5.41) is 0. The summed E-state index contributed by atoms with van der Waals surface area (Å²) in [7, 11) is 1.43. The first kappa shape index (κ1) is 18.3. The van der Waals surface area contributed by atoms with Crippen LogP contribution in [0.15, 0.2) is 23.3 Å². The maximum Gasteiger partial charge on any atom is 0.333 e. The second-order valence-corrected chi connectivity index (χ2v) is 8.44. The lowest BCUT2D eigenvalue weighted by atomic mass is 9.60. The molecule has 0 spiro atoms. The van der Waals surface area contributed by atoms with Crippen LogP contribution in [-0.2, 0) is 14.3 Å². The van der Waals surface area contributed by atoms with Gasteiger partial charge in [-0.15, -0.1) is 0 Å². The SMILES string of the molecule is C=C(C(=O)OC)[C@@H]1CC[C@@]2(C)CC[C@@H](OC(C)(C)C)C(C)=C2C1. The smallest absolute Gasteiger partial charge is 0.333 e. The minimum Gasteiger partial charge on any atom is -0.466 e. The van der Waals surface area contributed by atoms with Crippen LogP contribution < -0.4 is 0 Å². The van der Waals surface area contributed by atoms with E-state index >= 15 is 0 Å². The van der Waals surface area contributed by atoms with Gasteiger partial charge in [-0.1, -0.05) is 19.1 Å². The number of rotatable bonds is 3. The number of hydrogen-bond donors (Lipinski definition) is 0. The van der Waals surface area contributed by atoms with Gasteiger partial charge in [0.15, 0.2) is 0 Å². The molecule has 2 rings (SSSR count). The van der Waals surface area contributed by atoms with Crippen LogP contribution in [0.3, 0.4) is 0 Å². The molecule has 0 N–H and O–H groups in total. The van der Waals surface area contributed by atoms with Crippen LogP contribution in [0, 0.1) is 11.3 Å². The van der Waals surface area contributed by atoms with Crippen molar-refractivity contribution in [1.82, 2.24) is 0 Å². The van der Waals surface area contributed by atoms with Gasteiger partial charge >= 0.3 is 5.97 Å². The van der Waals surface area contributed by atoms with Gasteiger partial charge in [-0.05, 0) is 76.7 Å². The van der Waals surface area contributed by atoms with Gasteiger partial charge in [0.1, 0.15) is 0 Å². The lowest BCUT2D eigenvalue weighted by molar-refractivity contribution is -0.136. The minimum absolute atomic E-state index is 0.135. The average Bonchev–Trinajstić information content (AvgIpc) is 2.47. The zero-order valence-electron chi connectivity index (χ0n) is 15.6. The number of carbonyl (C=O) groups is 1. The highest BCUT2D eigenvalue weighted by molar-refractivity contribution is 5.88. The molecule has 0 radical (unpaired) electrons. The summed E-state index contributed by atoms with van der Waals surface area (Å²) >= 11 is 0. The van der Waals surface area contributed by atoms with E-state index < -0.39 is 0 Å². The van der Waals surface area contributed by atoms with Crippen LogP contribution in [-0.4, -0.2) is 24.8 Å². The Hall–Kier alpha value is -1.09. The van der Waals surface area contributed by atoms with Gasteiger partial charge in [0.2, 0.25) is 0 Å². The summed E-state index contributed by atoms with van der Waals surface area (Å²) in [6.45, 7) is 14.9. The summed E-state index contributed by atoms with van der Waals surface area (Å²) in [5.74, 6) is -0.0657. The van der Waals surface area contributed by atoms with Crippen LogP contribution in [0.4, 0.5) is 0 Å². The van der Waals surface area contributed by atoms with E-state index in [9.17, 15) is 4.79 Å². The Morgan fingerprint density at radius 1 is 1.26 bits per heavy atom. The maximum atomic E-state index is 11.8. The summed E-state index contributed by atoms with van der Waals surface area (Å²) in [5.41, 5.74) is 3.60. The van der Waals surface area contributed by atoms with E-state index in [2.05, 4.69) is 41.2 Å². The number of allylic oxidation sites excluding steroid dienone is 1. The molecule has 0 amide bonds. The Kier molecular flexibility index (Phi) is 5.10. The molecule has 0 aromatic carbocycles. The number of fused-ring (bicyclic) bond motifs is 1. The van der Waals surface area contributed by atoms with Crippen molar-refractivity contribution < 1.29 is 14.3 Å². The lowest BCUT2D eigenvalue weighted by Gasteiger charge is -2.47. The summed E-state index contributed by atoms with van der Waals surface area (Å²) in [6.07, 6.45) is 5.50. The molecule has 2 aliphatic carbocycles. The summed E-state index contributed by atoms with van der Waals surface area (Å²) in [6, 6.07) is 0. The average molecular weight is 320 g/mol. The van der Waals surface area contributed by atoms with E-state index in [0.29, 0.717) is 5.57 Å². The van der Waals surface area contributed by atoms with E-state index in [1.165, 1.54) is 18.3 Å². The van der Waals surface area contributed by atoms with Crippen molar-refractivity contribution in [3.63, 3.8) is 0 Å². The van der Waals surface area contributed by atoms with Crippen molar-refractivity contribution >= 4 is 5.97 Å². The highest BCUT2D eigenvalue weighted by Gasteiger charge is 2.42. The van der Waals surface area contributed by atoms with Gasteiger partial charge in [-0.25, -0.2) is 4.79 Å². The third kappa shape index (κ3) is 3.88. The Bertz CT molecular complexity index is 523. The second kappa shape index (κ2) is 6.43. The fourth-order valence-electron chi connectivity index (χ4n) is 4.18. The summed E-state index contributed by atoms with van der Waals surface area (Å²) in [4.78, 5) is 11.8. The van der Waals surface area contributed by atoms with Crippen LogP contribution in [0.5, 0.6) is 0 Å². The molecule has 0 aromatic heterocycles. The Morgan fingerprint density at radius 3 is 2.43 bits per heavy atom. The third-order valence-electron chi connectivity index (χ3n) is 5.58. The Morgan fingerprint density at radius 2 is 1.87 bits per heavy atom. The number of methoxy groups -OCH3 is 1. The van der Waals surface area contributed by atoms with E-state index in [-0.39, 0.29) is 29.0 Å². The van der Waals surface area contributed by atoms with Gasteiger partial charge in [-0.2, -0.15) is 0 Å². The largest absolute Gasteiger partial charge is 0.466 e. The Labute approximate surface area is 141 Å². The second-order valence-electron chi connectivity index (χ2n) is 8.44. The lowest BCUT2D eigenvalue weighted by Crippen LogP contribution is -2.39. The standard InChI is InChI=1S/C20H32O3/c1-13(18(21)22-7)15-8-10-20(6)11-9-17(23-19(3,4)5)14(2)16(20)12-15/h15,17H,1,8-12H2,2-7H3/t15-,17-,20+/m1/s1. The van der Waals surface area contributed by atoms with Gasteiger partial charge in [-0.3, -0.25) is 0 Å². The molecule has 0 heterocycles. The molecule has 1 fully saturated rings. The molecule has 0 unspecified atom stereocenters. The molecule has 1 saturated carbocycles. The first-order valence-electron chi connectivity index (χ1n) is 8.72. The van der Waals surface area contributed by atoms with Gasteiger partial charge in [0.25, 0.3) is 0 Å². The number of esters is 1. The van der Waals surface area contributed by atoms with Crippen molar-refractivity contribution in [3.05, 3.63) is 23.3 Å². The van der Waals surface area contributed by atoms with Crippen LogP contribution in [0.1, 0.15) is 66.7 Å². The van der Waals surface area contributed by atoms with E-state index in [0.717, 1.165) is 32.1 Å². The van der Waals surface area contributed by atoms with Gasteiger partial charge in [0.05, 0.1) is 18.8 Å². The zero-order valence-corrected chi connectivity index (χ0v) is 15.6. The molecule has 0 bridgehead atoms. The van der Waals surface area contributed by atoms with E-state index in [1.807, 2.05) is 0 Å². The molecule has 0 saturated heterocycles. The summed E-state index contributed by atoms with van der Waals surface area (Å²) < 4.78 is 11.1. The monoisotopic (exact) mass is 320 g/mol. The van der Waals surface area contributed by atoms with E-state index in [4.69, 9.17) is 9.47 Å². The van der Waals surface area contributed by atoms with Gasteiger partial charge in [0, 0.05) is 5.57 Å². The number of hydrogen-bond acceptors (Lipinski definition) is 3. The fraction of sp³-hybridized carbons (Fsp3) is 0.750. The predicted molar refractivity (Wildman–Crippen MR) is 93.2 cm³/mol. The molecule has 3 heteroatoms. The van der Waals surface area contributed by atoms with Crippen molar-refractivity contribution in [1.29, 1.82) is 0 Å². The quantitative estimate of drug-likeness (QED) is 0.425. The number of carbonyl (C=O) groups excluding carboxylic acids is 1. The molecular formula is C20H32O3. The normalized spacial score (nSPS) is 31.6. The molecule has 0 aromatic rings. The fourth-order valence-corrected chi connectivity index (χ4v) is 4.18. The molecule has 2 aliphatic rings. The first-order valence-corrected chi connectivity index (χ1v) is 8.72. The zero-order chi connectivity index (χ0) is 17.4. The first-order chi connectivity index (χ1) is 10.6. The van der Waals surface area contributed by atoms with Crippen molar-refractivity contribution in [3.8, 4) is 0 Å². The molecule has 3 atom stereocenters. The van der Waals surface area contributed by atoms with Gasteiger partial charge < -0.3 is 9.47 Å². The van der Waals surface area contributed by atoms with Crippen LogP contribution in [0.2, 0.25) is 0 Å². The van der Waals surface area contributed by atoms with Crippen molar-refractivity contribution in [2.45, 2.75) is 78.4 Å². The third-order valence-corrected chi connectivity index (χ3v) is 5.58. The Balaban J connectivity index is 2.25. The molecule has 3 nitrogen and oxygen atoms in total. The van der Waals surface area contributed by atoms with Crippen LogP contribution in [0.25, 0.3) is 0 Å².